The number of ether oxygens (including phenoxy) is 1. The molecule has 0 aromatic heterocycles. The van der Waals surface area contributed by atoms with Crippen molar-refractivity contribution in [2.24, 2.45) is 0 Å². The monoisotopic (exact) mass is 315 g/mol. The van der Waals surface area contributed by atoms with Crippen molar-refractivity contribution in [3.8, 4) is 11.8 Å². The van der Waals surface area contributed by atoms with Crippen molar-refractivity contribution in [3.63, 3.8) is 0 Å². The van der Waals surface area contributed by atoms with Crippen LogP contribution in [0, 0.1) is 11.3 Å². The van der Waals surface area contributed by atoms with Crippen LogP contribution in [0.2, 0.25) is 0 Å². The Balaban J connectivity index is 1.58. The van der Waals surface area contributed by atoms with Crippen LogP contribution in [0.1, 0.15) is 25.3 Å². The molecule has 24 heavy (non-hydrogen) atoms. The molecule has 0 heterocycles. The second-order valence-electron chi connectivity index (χ2n) is 6.27. The second-order valence-corrected chi connectivity index (χ2v) is 6.27. The van der Waals surface area contributed by atoms with E-state index in [0.717, 1.165) is 24.2 Å². The molecule has 2 heteroatoms. The summed E-state index contributed by atoms with van der Waals surface area (Å²) in [7, 11) is 0. The lowest BCUT2D eigenvalue weighted by atomic mass is 9.80. The molecule has 0 fully saturated rings. The molecule has 0 spiro atoms. The van der Waals surface area contributed by atoms with Crippen molar-refractivity contribution < 1.29 is 4.74 Å². The van der Waals surface area contributed by atoms with E-state index >= 15 is 0 Å². The number of benzene rings is 3. The van der Waals surface area contributed by atoms with Gasteiger partial charge in [0.25, 0.3) is 0 Å². The minimum atomic E-state index is -0.464. The van der Waals surface area contributed by atoms with Crippen molar-refractivity contribution in [2.45, 2.75) is 25.2 Å². The molecule has 3 aromatic carbocycles. The molecule has 0 saturated heterocycles. The Morgan fingerprint density at radius 1 is 0.917 bits per heavy atom. The third-order valence-corrected chi connectivity index (χ3v) is 4.47. The standard InChI is InChI=1S/C22H21NO/c1-22(17-23,20-10-3-2-4-11-20)14-7-15-24-21-13-12-18-8-5-6-9-19(18)16-21/h2-6,8-13,16H,7,14-15H2,1H3. The van der Waals surface area contributed by atoms with Gasteiger partial charge in [0.15, 0.2) is 0 Å². The van der Waals surface area contributed by atoms with E-state index in [-0.39, 0.29) is 0 Å². The van der Waals surface area contributed by atoms with E-state index in [9.17, 15) is 5.26 Å². The van der Waals surface area contributed by atoms with E-state index in [2.05, 4.69) is 30.3 Å². The maximum Gasteiger partial charge on any atom is 0.119 e. The molecule has 0 aliphatic rings. The lowest BCUT2D eigenvalue weighted by molar-refractivity contribution is 0.296. The van der Waals surface area contributed by atoms with Crippen molar-refractivity contribution in [1.82, 2.24) is 0 Å². The minimum absolute atomic E-state index is 0.464. The summed E-state index contributed by atoms with van der Waals surface area (Å²) < 4.78 is 5.88. The molecule has 0 bridgehead atoms. The van der Waals surface area contributed by atoms with Crippen molar-refractivity contribution in [3.05, 3.63) is 78.4 Å². The van der Waals surface area contributed by atoms with Gasteiger partial charge >= 0.3 is 0 Å². The number of fused-ring (bicyclic) bond motifs is 1. The van der Waals surface area contributed by atoms with Gasteiger partial charge in [-0.25, -0.2) is 0 Å². The zero-order valence-corrected chi connectivity index (χ0v) is 13.9. The van der Waals surface area contributed by atoms with Gasteiger partial charge in [0, 0.05) is 0 Å². The van der Waals surface area contributed by atoms with Crippen LogP contribution >= 0.6 is 0 Å². The summed E-state index contributed by atoms with van der Waals surface area (Å²) in [6.45, 7) is 2.61. The van der Waals surface area contributed by atoms with Gasteiger partial charge in [-0.05, 0) is 48.2 Å². The first kappa shape index (κ1) is 16.1. The van der Waals surface area contributed by atoms with Crippen LogP contribution in [0.25, 0.3) is 10.8 Å². The average molecular weight is 315 g/mol. The molecule has 1 atom stereocenters. The van der Waals surface area contributed by atoms with Crippen molar-refractivity contribution in [2.75, 3.05) is 6.61 Å². The van der Waals surface area contributed by atoms with Crippen LogP contribution in [-0.4, -0.2) is 6.61 Å². The Morgan fingerprint density at radius 3 is 2.38 bits per heavy atom. The third-order valence-electron chi connectivity index (χ3n) is 4.47. The summed E-state index contributed by atoms with van der Waals surface area (Å²) in [4.78, 5) is 0. The average Bonchev–Trinajstić information content (AvgIpc) is 2.65. The molecule has 2 nitrogen and oxygen atoms in total. The van der Waals surface area contributed by atoms with Crippen LogP contribution in [0.5, 0.6) is 5.75 Å². The van der Waals surface area contributed by atoms with Gasteiger partial charge in [0.2, 0.25) is 0 Å². The summed E-state index contributed by atoms with van der Waals surface area (Å²) in [5.74, 6) is 0.882. The summed E-state index contributed by atoms with van der Waals surface area (Å²) in [6.07, 6.45) is 1.62. The van der Waals surface area contributed by atoms with E-state index in [1.807, 2.05) is 55.5 Å². The first-order chi connectivity index (χ1) is 11.7. The number of hydrogen-bond donors (Lipinski definition) is 0. The van der Waals surface area contributed by atoms with Gasteiger partial charge in [-0.1, -0.05) is 60.7 Å². The van der Waals surface area contributed by atoms with E-state index in [1.54, 1.807) is 0 Å². The minimum Gasteiger partial charge on any atom is -0.494 e. The number of hydrogen-bond acceptors (Lipinski definition) is 2. The molecular weight excluding hydrogens is 294 g/mol. The van der Waals surface area contributed by atoms with Gasteiger partial charge < -0.3 is 4.74 Å². The molecule has 3 aromatic rings. The lowest BCUT2D eigenvalue weighted by Gasteiger charge is -2.22. The fourth-order valence-electron chi connectivity index (χ4n) is 2.94. The van der Waals surface area contributed by atoms with E-state index < -0.39 is 5.41 Å². The smallest absolute Gasteiger partial charge is 0.119 e. The van der Waals surface area contributed by atoms with Crippen LogP contribution in [0.3, 0.4) is 0 Å². The van der Waals surface area contributed by atoms with Crippen LogP contribution < -0.4 is 4.74 Å². The van der Waals surface area contributed by atoms with Crippen LogP contribution in [0.15, 0.2) is 72.8 Å². The molecule has 0 radical (unpaired) electrons. The highest BCUT2D eigenvalue weighted by molar-refractivity contribution is 5.83. The van der Waals surface area contributed by atoms with Gasteiger partial charge in [-0.3, -0.25) is 0 Å². The highest BCUT2D eigenvalue weighted by atomic mass is 16.5. The van der Waals surface area contributed by atoms with Crippen molar-refractivity contribution >= 4 is 10.8 Å². The maximum atomic E-state index is 9.58. The molecular formula is C22H21NO. The van der Waals surface area contributed by atoms with Crippen LogP contribution in [0.4, 0.5) is 0 Å². The second kappa shape index (κ2) is 7.19. The highest BCUT2D eigenvalue weighted by Crippen LogP contribution is 2.28. The molecule has 0 saturated carbocycles. The number of nitrogens with zero attached hydrogens (tertiary/aromatic N) is 1. The van der Waals surface area contributed by atoms with E-state index in [4.69, 9.17) is 4.74 Å². The van der Waals surface area contributed by atoms with Crippen molar-refractivity contribution in [1.29, 1.82) is 5.26 Å². The SMILES string of the molecule is CC(C#N)(CCCOc1ccc2ccccc2c1)c1ccccc1. The largest absolute Gasteiger partial charge is 0.494 e. The zero-order chi connectivity index (χ0) is 16.8. The third kappa shape index (κ3) is 3.58. The van der Waals surface area contributed by atoms with Gasteiger partial charge in [0.05, 0.1) is 18.1 Å². The number of nitriles is 1. The summed E-state index contributed by atoms with van der Waals surface area (Å²) in [5, 5.41) is 12.0. The Bertz CT molecular complexity index is 850. The predicted molar refractivity (Wildman–Crippen MR) is 98.1 cm³/mol. The maximum absolute atomic E-state index is 9.58. The van der Waals surface area contributed by atoms with E-state index in [0.29, 0.717) is 6.61 Å². The van der Waals surface area contributed by atoms with Gasteiger partial charge in [-0.15, -0.1) is 0 Å². The lowest BCUT2D eigenvalue weighted by Crippen LogP contribution is -2.20. The Hall–Kier alpha value is -2.79. The topological polar surface area (TPSA) is 33.0 Å². The van der Waals surface area contributed by atoms with Gasteiger partial charge in [-0.2, -0.15) is 5.26 Å². The molecule has 120 valence electrons. The Morgan fingerprint density at radius 2 is 1.62 bits per heavy atom. The fourth-order valence-corrected chi connectivity index (χ4v) is 2.94. The molecule has 0 aliphatic carbocycles. The Labute approximate surface area is 143 Å². The fraction of sp³-hybridized carbons (Fsp3) is 0.227. The normalized spacial score (nSPS) is 13.2. The molecule has 1 unspecified atom stereocenters. The molecule has 0 N–H and O–H groups in total. The summed E-state index contributed by atoms with van der Waals surface area (Å²) in [5.41, 5.74) is 0.604. The molecule has 3 rings (SSSR count). The highest BCUT2D eigenvalue weighted by Gasteiger charge is 2.25. The summed E-state index contributed by atoms with van der Waals surface area (Å²) in [6, 6.07) is 26.8. The zero-order valence-electron chi connectivity index (χ0n) is 13.9. The first-order valence-corrected chi connectivity index (χ1v) is 8.30. The Kier molecular flexibility index (Phi) is 4.82. The predicted octanol–water partition coefficient (Wildman–Crippen LogP) is 5.48. The molecule has 0 aliphatic heterocycles. The first-order valence-electron chi connectivity index (χ1n) is 8.30. The summed E-state index contributed by atoms with van der Waals surface area (Å²) >= 11 is 0. The molecule has 0 amide bonds. The van der Waals surface area contributed by atoms with Gasteiger partial charge in [0.1, 0.15) is 5.75 Å². The van der Waals surface area contributed by atoms with E-state index in [1.165, 1.54) is 10.8 Å². The quantitative estimate of drug-likeness (QED) is 0.564. The number of rotatable bonds is 6. The van der Waals surface area contributed by atoms with Crippen LogP contribution in [-0.2, 0) is 5.41 Å².